The van der Waals surface area contributed by atoms with Gasteiger partial charge in [-0.15, -0.1) is 0 Å². The molecule has 0 aliphatic carbocycles. The third kappa shape index (κ3) is 4.47. The van der Waals surface area contributed by atoms with E-state index in [4.69, 9.17) is 4.74 Å². The summed E-state index contributed by atoms with van der Waals surface area (Å²) in [6.45, 7) is 4.22. The van der Waals surface area contributed by atoms with Gasteiger partial charge in [0.25, 0.3) is 5.91 Å². The molecule has 25 heavy (non-hydrogen) atoms. The minimum atomic E-state index is -0.244. The van der Waals surface area contributed by atoms with Crippen LogP contribution in [-0.2, 0) is 4.79 Å². The van der Waals surface area contributed by atoms with E-state index >= 15 is 0 Å². The molecular weight excluding hydrogens is 314 g/mol. The quantitative estimate of drug-likeness (QED) is 0.740. The topological polar surface area (TPSA) is 56.1 Å². The summed E-state index contributed by atoms with van der Waals surface area (Å²) in [5.74, 6) is 1.39. The first-order valence-electron chi connectivity index (χ1n) is 8.25. The van der Waals surface area contributed by atoms with Crippen LogP contribution in [0.25, 0.3) is 5.69 Å². The van der Waals surface area contributed by atoms with Crippen molar-refractivity contribution in [1.29, 1.82) is 0 Å². The molecular formula is C20H21N3O2. The average molecular weight is 335 g/mol. The van der Waals surface area contributed by atoms with Gasteiger partial charge in [0.1, 0.15) is 5.75 Å². The number of nitrogens with one attached hydrogen (secondary N) is 1. The Kier molecular flexibility index (Phi) is 5.14. The van der Waals surface area contributed by atoms with Crippen molar-refractivity contribution in [2.45, 2.75) is 19.8 Å². The normalized spacial score (nSPS) is 10.7. The largest absolute Gasteiger partial charge is 0.484 e. The van der Waals surface area contributed by atoms with Gasteiger partial charge in [0.2, 0.25) is 0 Å². The number of amides is 1. The van der Waals surface area contributed by atoms with Crippen LogP contribution >= 0.6 is 0 Å². The van der Waals surface area contributed by atoms with E-state index in [-0.39, 0.29) is 12.5 Å². The lowest BCUT2D eigenvalue weighted by molar-refractivity contribution is -0.118. The monoisotopic (exact) mass is 335 g/mol. The van der Waals surface area contributed by atoms with Crippen molar-refractivity contribution >= 4 is 11.7 Å². The fourth-order valence-corrected chi connectivity index (χ4v) is 2.39. The van der Waals surface area contributed by atoms with E-state index in [9.17, 15) is 4.79 Å². The van der Waals surface area contributed by atoms with Gasteiger partial charge >= 0.3 is 0 Å². The van der Waals surface area contributed by atoms with Gasteiger partial charge in [-0.1, -0.05) is 44.2 Å². The van der Waals surface area contributed by atoms with Crippen molar-refractivity contribution in [2.24, 2.45) is 0 Å². The van der Waals surface area contributed by atoms with Crippen molar-refractivity contribution < 1.29 is 9.53 Å². The second-order valence-electron chi connectivity index (χ2n) is 6.04. The molecule has 0 atom stereocenters. The van der Waals surface area contributed by atoms with Crippen LogP contribution in [0, 0.1) is 0 Å². The summed E-state index contributed by atoms with van der Waals surface area (Å²) in [7, 11) is 0. The second-order valence-corrected chi connectivity index (χ2v) is 6.04. The summed E-state index contributed by atoms with van der Waals surface area (Å²) >= 11 is 0. The van der Waals surface area contributed by atoms with Crippen molar-refractivity contribution in [3.63, 3.8) is 0 Å². The van der Waals surface area contributed by atoms with Crippen LogP contribution in [0.15, 0.2) is 66.9 Å². The first kappa shape index (κ1) is 16.8. The molecule has 3 aromatic rings. The summed E-state index contributed by atoms with van der Waals surface area (Å²) in [6.07, 6.45) is 1.80. The van der Waals surface area contributed by atoms with Gasteiger partial charge in [-0.2, -0.15) is 5.10 Å². The zero-order valence-electron chi connectivity index (χ0n) is 14.3. The highest BCUT2D eigenvalue weighted by Gasteiger charge is 2.07. The van der Waals surface area contributed by atoms with E-state index in [0.717, 1.165) is 5.69 Å². The molecule has 0 unspecified atom stereocenters. The molecule has 5 nitrogen and oxygen atoms in total. The lowest BCUT2D eigenvalue weighted by atomic mass is 10.0. The van der Waals surface area contributed by atoms with E-state index < -0.39 is 0 Å². The highest BCUT2D eigenvalue weighted by atomic mass is 16.5. The molecule has 1 N–H and O–H groups in total. The molecule has 3 rings (SSSR count). The highest BCUT2D eigenvalue weighted by molar-refractivity contribution is 5.90. The van der Waals surface area contributed by atoms with Crippen molar-refractivity contribution in [2.75, 3.05) is 11.9 Å². The maximum atomic E-state index is 12.0. The van der Waals surface area contributed by atoms with Gasteiger partial charge in [0.15, 0.2) is 12.4 Å². The Labute approximate surface area is 147 Å². The van der Waals surface area contributed by atoms with Gasteiger partial charge in [-0.25, -0.2) is 4.68 Å². The van der Waals surface area contributed by atoms with Gasteiger partial charge in [0.05, 0.1) is 5.69 Å². The summed E-state index contributed by atoms with van der Waals surface area (Å²) in [5.41, 5.74) is 2.17. The fraction of sp³-hybridized carbons (Fsp3) is 0.200. The molecule has 1 aromatic heterocycles. The van der Waals surface area contributed by atoms with Crippen LogP contribution < -0.4 is 10.1 Å². The number of benzene rings is 2. The molecule has 0 bridgehead atoms. The standard InChI is InChI=1S/C20H21N3O2/c1-15(2)16-8-10-18(11-9-16)25-14-20(24)21-19-12-13-23(22-19)17-6-4-3-5-7-17/h3-13,15H,14H2,1-2H3,(H,21,22,24). The number of hydrogen-bond donors (Lipinski definition) is 1. The number of anilines is 1. The highest BCUT2D eigenvalue weighted by Crippen LogP contribution is 2.18. The molecule has 2 aromatic carbocycles. The Morgan fingerprint density at radius 1 is 1.08 bits per heavy atom. The van der Waals surface area contributed by atoms with Crippen LogP contribution in [0.1, 0.15) is 25.3 Å². The molecule has 0 radical (unpaired) electrons. The fourth-order valence-electron chi connectivity index (χ4n) is 2.39. The molecule has 1 amide bonds. The predicted molar refractivity (Wildman–Crippen MR) is 98.2 cm³/mol. The Morgan fingerprint density at radius 3 is 2.48 bits per heavy atom. The van der Waals surface area contributed by atoms with Gasteiger partial charge in [-0.05, 0) is 35.7 Å². The zero-order valence-corrected chi connectivity index (χ0v) is 14.3. The average Bonchev–Trinajstić information content (AvgIpc) is 3.09. The first-order valence-corrected chi connectivity index (χ1v) is 8.25. The molecule has 5 heteroatoms. The molecule has 128 valence electrons. The zero-order chi connectivity index (χ0) is 17.6. The number of aromatic nitrogens is 2. The number of nitrogens with zero attached hydrogens (tertiary/aromatic N) is 2. The molecule has 0 spiro atoms. The van der Waals surface area contributed by atoms with Crippen LogP contribution in [0.5, 0.6) is 5.75 Å². The van der Waals surface area contributed by atoms with Gasteiger partial charge in [0, 0.05) is 12.3 Å². The van der Waals surface area contributed by atoms with Crippen molar-refractivity contribution in [1.82, 2.24) is 9.78 Å². The summed E-state index contributed by atoms with van der Waals surface area (Å²) in [5, 5.41) is 7.07. The Balaban J connectivity index is 1.53. The smallest absolute Gasteiger partial charge is 0.263 e. The SMILES string of the molecule is CC(C)c1ccc(OCC(=O)Nc2ccn(-c3ccccc3)n2)cc1. The van der Waals surface area contributed by atoms with E-state index in [1.165, 1.54) is 5.56 Å². The van der Waals surface area contributed by atoms with E-state index in [1.807, 2.05) is 54.6 Å². The number of hydrogen-bond acceptors (Lipinski definition) is 3. The third-order valence-electron chi connectivity index (χ3n) is 3.79. The molecule has 0 saturated heterocycles. The number of rotatable bonds is 6. The van der Waals surface area contributed by atoms with Crippen LogP contribution in [0.4, 0.5) is 5.82 Å². The summed E-state index contributed by atoms with van der Waals surface area (Å²) < 4.78 is 7.23. The lowest BCUT2D eigenvalue weighted by Crippen LogP contribution is -2.20. The Morgan fingerprint density at radius 2 is 1.80 bits per heavy atom. The summed E-state index contributed by atoms with van der Waals surface area (Å²) in [6, 6.07) is 19.3. The predicted octanol–water partition coefficient (Wildman–Crippen LogP) is 4.01. The maximum absolute atomic E-state index is 12.0. The Hall–Kier alpha value is -3.08. The van der Waals surface area contributed by atoms with E-state index in [1.54, 1.807) is 16.9 Å². The van der Waals surface area contributed by atoms with Gasteiger partial charge in [-0.3, -0.25) is 4.79 Å². The van der Waals surface area contributed by atoms with E-state index in [2.05, 4.69) is 24.3 Å². The van der Waals surface area contributed by atoms with Gasteiger partial charge < -0.3 is 10.1 Å². The van der Waals surface area contributed by atoms with Crippen LogP contribution in [-0.4, -0.2) is 22.3 Å². The Bertz CT molecular complexity index is 824. The lowest BCUT2D eigenvalue weighted by Gasteiger charge is -2.08. The maximum Gasteiger partial charge on any atom is 0.263 e. The second kappa shape index (κ2) is 7.66. The molecule has 0 aliphatic heterocycles. The van der Waals surface area contributed by atoms with E-state index in [0.29, 0.717) is 17.5 Å². The number of para-hydroxylation sites is 1. The van der Waals surface area contributed by atoms with Crippen molar-refractivity contribution in [3.8, 4) is 11.4 Å². The number of carbonyl (C=O) groups is 1. The molecule has 0 aliphatic rings. The first-order chi connectivity index (χ1) is 12.1. The molecule has 0 saturated carbocycles. The third-order valence-corrected chi connectivity index (χ3v) is 3.79. The van der Waals surface area contributed by atoms with Crippen LogP contribution in [0.3, 0.4) is 0 Å². The number of ether oxygens (including phenoxy) is 1. The minimum absolute atomic E-state index is 0.0563. The van der Waals surface area contributed by atoms with Crippen molar-refractivity contribution in [3.05, 3.63) is 72.4 Å². The number of carbonyl (C=O) groups excluding carboxylic acids is 1. The summed E-state index contributed by atoms with van der Waals surface area (Å²) in [4.78, 5) is 12.0. The molecule has 1 heterocycles. The minimum Gasteiger partial charge on any atom is -0.484 e. The van der Waals surface area contributed by atoms with Crippen LogP contribution in [0.2, 0.25) is 0 Å². The molecule has 0 fully saturated rings.